The van der Waals surface area contributed by atoms with E-state index in [1.807, 2.05) is 0 Å². The van der Waals surface area contributed by atoms with Gasteiger partial charge in [-0.1, -0.05) is 24.3 Å². The molecule has 3 aromatic rings. The second kappa shape index (κ2) is 7.67. The number of rotatable bonds is 5. The zero-order chi connectivity index (χ0) is 22.1. The third-order valence-corrected chi connectivity index (χ3v) is 4.69. The van der Waals surface area contributed by atoms with Crippen molar-refractivity contribution in [3.05, 3.63) is 87.2 Å². The molecule has 10 nitrogen and oxygen atoms in total. The van der Waals surface area contributed by atoms with Gasteiger partial charge in [0.05, 0.1) is 23.2 Å². The summed E-state index contributed by atoms with van der Waals surface area (Å²) in [5, 5.41) is 26.6. The van der Waals surface area contributed by atoms with Crippen molar-refractivity contribution in [2.45, 2.75) is 6.54 Å². The average molecular weight is 418 g/mol. The second-order valence-electron chi connectivity index (χ2n) is 6.62. The Morgan fingerprint density at radius 3 is 2.19 bits per heavy atom. The van der Waals surface area contributed by atoms with Crippen molar-refractivity contribution >= 4 is 29.3 Å². The molecule has 1 aliphatic heterocycles. The Morgan fingerprint density at radius 1 is 0.903 bits per heavy atom. The molecule has 2 aromatic carbocycles. The number of hydrogen-bond acceptors (Lipinski definition) is 7. The molecule has 0 spiro atoms. The first kappa shape index (κ1) is 19.7. The fourth-order valence-electron chi connectivity index (χ4n) is 3.18. The zero-order valence-corrected chi connectivity index (χ0v) is 15.8. The van der Waals surface area contributed by atoms with E-state index in [0.29, 0.717) is 0 Å². The summed E-state index contributed by atoms with van der Waals surface area (Å²) in [6.07, 6.45) is 0. The summed E-state index contributed by atoms with van der Waals surface area (Å²) in [5.74, 6) is -2.79. The molecule has 0 aliphatic carbocycles. The standard InChI is InChI=1S/C21H14N4O6/c26-15-8-9-16(22-18(15)27)23-24-17-11(4-3-7-14(17)21(30)31)10-25-19(28)12-5-1-2-6-13(12)20(25)29/h1-9,26H,10H2,(H,22,27)(H,30,31). The van der Waals surface area contributed by atoms with Crippen molar-refractivity contribution in [1.29, 1.82) is 0 Å². The van der Waals surface area contributed by atoms with Gasteiger partial charge in [0.25, 0.3) is 17.4 Å². The normalized spacial score (nSPS) is 13.1. The highest BCUT2D eigenvalue weighted by molar-refractivity contribution is 6.21. The SMILES string of the molecule is O=C(O)c1cccc(CN2C(=O)c3ccccc3C2=O)c1N=Nc1ccc(O)c(=O)[nH]1. The lowest BCUT2D eigenvalue weighted by Crippen LogP contribution is -2.29. The summed E-state index contributed by atoms with van der Waals surface area (Å²) < 4.78 is 0. The molecule has 0 atom stereocenters. The number of fused-ring (bicyclic) bond motifs is 1. The topological polar surface area (TPSA) is 152 Å². The molecule has 2 heterocycles. The molecule has 0 fully saturated rings. The van der Waals surface area contributed by atoms with E-state index in [0.717, 1.165) is 11.0 Å². The van der Waals surface area contributed by atoms with Crippen LogP contribution in [0.2, 0.25) is 0 Å². The van der Waals surface area contributed by atoms with Gasteiger partial charge in [0.1, 0.15) is 5.69 Å². The first-order chi connectivity index (χ1) is 14.9. The monoisotopic (exact) mass is 418 g/mol. The molecule has 10 heteroatoms. The minimum absolute atomic E-state index is 0.0188. The molecular weight excluding hydrogens is 404 g/mol. The third-order valence-electron chi connectivity index (χ3n) is 4.69. The lowest BCUT2D eigenvalue weighted by Gasteiger charge is -2.16. The lowest BCUT2D eigenvalue weighted by molar-refractivity contribution is 0.0641. The highest BCUT2D eigenvalue weighted by Gasteiger charge is 2.35. The molecule has 1 aromatic heterocycles. The maximum Gasteiger partial charge on any atom is 0.337 e. The minimum atomic E-state index is -1.28. The Kier molecular flexibility index (Phi) is 4.88. The van der Waals surface area contributed by atoms with Crippen LogP contribution in [0.1, 0.15) is 36.6 Å². The van der Waals surface area contributed by atoms with Crippen LogP contribution in [0.15, 0.2) is 69.6 Å². The number of H-pyrrole nitrogens is 1. The first-order valence-electron chi connectivity index (χ1n) is 9.01. The van der Waals surface area contributed by atoms with Gasteiger partial charge in [0.15, 0.2) is 11.6 Å². The number of nitrogens with one attached hydrogen (secondary N) is 1. The van der Waals surface area contributed by atoms with Crippen molar-refractivity contribution in [2.75, 3.05) is 0 Å². The molecule has 31 heavy (non-hydrogen) atoms. The molecule has 0 saturated carbocycles. The molecule has 0 bridgehead atoms. The summed E-state index contributed by atoms with van der Waals surface area (Å²) in [7, 11) is 0. The maximum atomic E-state index is 12.7. The number of aromatic nitrogens is 1. The zero-order valence-electron chi connectivity index (χ0n) is 15.8. The summed E-state index contributed by atoms with van der Waals surface area (Å²) in [6, 6.07) is 13.1. The van der Waals surface area contributed by atoms with E-state index in [4.69, 9.17) is 0 Å². The molecule has 0 radical (unpaired) electrons. The molecule has 3 N–H and O–H groups in total. The number of hydrogen-bond donors (Lipinski definition) is 3. The van der Waals surface area contributed by atoms with Gasteiger partial charge in [-0.15, -0.1) is 10.2 Å². The largest absolute Gasteiger partial charge is 0.503 e. The van der Waals surface area contributed by atoms with Crippen molar-refractivity contribution in [3.63, 3.8) is 0 Å². The van der Waals surface area contributed by atoms with E-state index in [1.54, 1.807) is 24.3 Å². The average Bonchev–Trinajstić information content (AvgIpc) is 3.00. The van der Waals surface area contributed by atoms with Gasteiger partial charge in [-0.2, -0.15) is 0 Å². The summed E-state index contributed by atoms with van der Waals surface area (Å²) in [5.41, 5.74) is -0.230. The van der Waals surface area contributed by atoms with Crippen LogP contribution in [0.3, 0.4) is 0 Å². The van der Waals surface area contributed by atoms with Crippen LogP contribution in [0, 0.1) is 0 Å². The number of benzene rings is 2. The van der Waals surface area contributed by atoms with Crippen LogP contribution < -0.4 is 5.56 Å². The molecule has 1 aliphatic rings. The van der Waals surface area contributed by atoms with Crippen molar-refractivity contribution in [1.82, 2.24) is 9.88 Å². The highest BCUT2D eigenvalue weighted by atomic mass is 16.4. The number of aromatic carboxylic acids is 1. The number of carbonyl (C=O) groups excluding carboxylic acids is 2. The fraction of sp³-hybridized carbons (Fsp3) is 0.0476. The number of nitrogens with zero attached hydrogens (tertiary/aromatic N) is 3. The van der Waals surface area contributed by atoms with E-state index >= 15 is 0 Å². The minimum Gasteiger partial charge on any atom is -0.503 e. The highest BCUT2D eigenvalue weighted by Crippen LogP contribution is 2.31. The van der Waals surface area contributed by atoms with Crippen molar-refractivity contribution in [3.8, 4) is 5.75 Å². The van der Waals surface area contributed by atoms with E-state index in [9.17, 15) is 29.4 Å². The van der Waals surface area contributed by atoms with Crippen molar-refractivity contribution < 1.29 is 24.6 Å². The number of imide groups is 1. The van der Waals surface area contributed by atoms with Gasteiger partial charge in [0, 0.05) is 5.56 Å². The van der Waals surface area contributed by atoms with E-state index in [1.165, 1.54) is 24.3 Å². The maximum absolute atomic E-state index is 12.7. The molecular formula is C21H14N4O6. The Labute approximate surface area is 174 Å². The number of carboxylic acid groups (broad SMARTS) is 1. The van der Waals surface area contributed by atoms with Gasteiger partial charge in [0.2, 0.25) is 0 Å². The van der Waals surface area contributed by atoms with Gasteiger partial charge in [-0.3, -0.25) is 19.3 Å². The van der Waals surface area contributed by atoms with E-state index < -0.39 is 29.1 Å². The second-order valence-corrected chi connectivity index (χ2v) is 6.62. The molecule has 0 unspecified atom stereocenters. The number of amides is 2. The lowest BCUT2D eigenvalue weighted by atomic mass is 10.1. The van der Waals surface area contributed by atoms with Crippen LogP contribution in [0.4, 0.5) is 11.5 Å². The smallest absolute Gasteiger partial charge is 0.337 e. The predicted molar refractivity (Wildman–Crippen MR) is 107 cm³/mol. The van der Waals surface area contributed by atoms with E-state index in [2.05, 4.69) is 15.2 Å². The predicted octanol–water partition coefficient (Wildman–Crippen LogP) is 2.99. The Bertz CT molecular complexity index is 1290. The van der Waals surface area contributed by atoms with Crippen molar-refractivity contribution in [2.24, 2.45) is 10.2 Å². The Hall–Kier alpha value is -4.60. The molecule has 4 rings (SSSR count). The summed E-state index contributed by atoms with van der Waals surface area (Å²) >= 11 is 0. The Morgan fingerprint density at radius 2 is 1.58 bits per heavy atom. The molecule has 154 valence electrons. The number of pyridine rings is 1. The van der Waals surface area contributed by atoms with Gasteiger partial charge in [-0.05, 0) is 30.3 Å². The van der Waals surface area contributed by atoms with Crippen LogP contribution in [0.5, 0.6) is 5.75 Å². The molecule has 2 amide bonds. The number of carbonyl (C=O) groups is 3. The van der Waals surface area contributed by atoms with Crippen LogP contribution in [-0.4, -0.2) is 37.9 Å². The van der Waals surface area contributed by atoms with Gasteiger partial charge >= 0.3 is 5.97 Å². The molecule has 0 saturated heterocycles. The van der Waals surface area contributed by atoms with Crippen LogP contribution in [0.25, 0.3) is 0 Å². The van der Waals surface area contributed by atoms with Gasteiger partial charge < -0.3 is 15.2 Å². The van der Waals surface area contributed by atoms with Crippen LogP contribution >= 0.6 is 0 Å². The Balaban J connectivity index is 1.73. The fourth-order valence-corrected chi connectivity index (χ4v) is 3.18. The number of carboxylic acids is 1. The quantitative estimate of drug-likeness (QED) is 0.428. The summed E-state index contributed by atoms with van der Waals surface area (Å²) in [4.78, 5) is 51.8. The van der Waals surface area contributed by atoms with E-state index in [-0.39, 0.29) is 40.3 Å². The number of aromatic hydroxyl groups is 1. The first-order valence-corrected chi connectivity index (χ1v) is 9.01. The van der Waals surface area contributed by atoms with Crippen LogP contribution in [-0.2, 0) is 6.54 Å². The number of aromatic amines is 1. The van der Waals surface area contributed by atoms with Gasteiger partial charge in [-0.25, -0.2) is 4.79 Å². The third kappa shape index (κ3) is 3.57. The number of azo groups is 1. The summed E-state index contributed by atoms with van der Waals surface area (Å²) in [6.45, 7) is -0.214.